The summed E-state index contributed by atoms with van der Waals surface area (Å²) >= 11 is 0. The van der Waals surface area contributed by atoms with Crippen LogP contribution in [0.1, 0.15) is 65.7 Å². The van der Waals surface area contributed by atoms with Crippen LogP contribution in [0.25, 0.3) is 0 Å². The molecule has 4 nitrogen and oxygen atoms in total. The van der Waals surface area contributed by atoms with E-state index in [1.54, 1.807) is 0 Å². The van der Waals surface area contributed by atoms with Crippen molar-refractivity contribution in [3.8, 4) is 0 Å². The molecule has 1 aliphatic heterocycles. The summed E-state index contributed by atoms with van der Waals surface area (Å²) in [6, 6.07) is -0.284. The van der Waals surface area contributed by atoms with Crippen molar-refractivity contribution in [2.45, 2.75) is 77.3 Å². The molecule has 3 fully saturated rings. The maximum Gasteiger partial charge on any atom is 0.249 e. The molecule has 0 aromatic rings. The Labute approximate surface area is 127 Å². The number of piperazine rings is 1. The van der Waals surface area contributed by atoms with Crippen molar-refractivity contribution in [3.63, 3.8) is 0 Å². The minimum absolute atomic E-state index is 0.0680. The largest absolute Gasteiger partial charge is 0.340 e. The fourth-order valence-electron chi connectivity index (χ4n) is 4.22. The summed E-state index contributed by atoms with van der Waals surface area (Å²) in [5.41, 5.74) is -0.285. The molecule has 3 aliphatic rings. The van der Waals surface area contributed by atoms with Gasteiger partial charge in [-0.25, -0.2) is 0 Å². The lowest BCUT2D eigenvalue weighted by Crippen LogP contribution is -2.71. The van der Waals surface area contributed by atoms with Crippen LogP contribution in [0.15, 0.2) is 0 Å². The maximum absolute atomic E-state index is 13.1. The molecule has 2 amide bonds. The van der Waals surface area contributed by atoms with E-state index in [9.17, 15) is 9.59 Å². The molecule has 0 radical (unpaired) electrons. The number of hydrogen-bond donors (Lipinski definition) is 1. The highest BCUT2D eigenvalue weighted by Crippen LogP contribution is 2.50. The normalized spacial score (nSPS) is 30.1. The van der Waals surface area contributed by atoms with E-state index in [2.05, 4.69) is 12.2 Å². The first-order valence-corrected chi connectivity index (χ1v) is 8.56. The Balaban J connectivity index is 1.89. The van der Waals surface area contributed by atoms with E-state index in [1.165, 1.54) is 12.8 Å². The average Bonchev–Trinajstić information content (AvgIpc) is 3.06. The SMILES string of the molecule is CCC1(CN2C(=O)C3(CCCC3)NC(=O)C2C(C)C)CC1. The van der Waals surface area contributed by atoms with Gasteiger partial charge < -0.3 is 10.2 Å². The van der Waals surface area contributed by atoms with Crippen molar-refractivity contribution in [2.75, 3.05) is 6.54 Å². The van der Waals surface area contributed by atoms with Crippen LogP contribution in [-0.2, 0) is 9.59 Å². The first-order chi connectivity index (χ1) is 9.93. The van der Waals surface area contributed by atoms with E-state index in [4.69, 9.17) is 0 Å². The number of nitrogens with zero attached hydrogens (tertiary/aromatic N) is 1. The van der Waals surface area contributed by atoms with Crippen molar-refractivity contribution in [3.05, 3.63) is 0 Å². The maximum atomic E-state index is 13.1. The van der Waals surface area contributed by atoms with E-state index in [1.807, 2.05) is 18.7 Å². The number of amides is 2. The quantitative estimate of drug-likeness (QED) is 0.865. The van der Waals surface area contributed by atoms with Gasteiger partial charge in [0.05, 0.1) is 0 Å². The second kappa shape index (κ2) is 4.99. The molecule has 1 N–H and O–H groups in total. The lowest BCUT2D eigenvalue weighted by atomic mass is 9.86. The molecule has 0 aromatic heterocycles. The highest BCUT2D eigenvalue weighted by molar-refractivity contribution is 6.00. The van der Waals surface area contributed by atoms with Gasteiger partial charge in [-0.1, -0.05) is 33.6 Å². The summed E-state index contributed by atoms with van der Waals surface area (Å²) in [6.45, 7) is 7.07. The van der Waals surface area contributed by atoms with Crippen LogP contribution in [0, 0.1) is 11.3 Å². The van der Waals surface area contributed by atoms with Gasteiger partial charge in [0.15, 0.2) is 0 Å². The van der Waals surface area contributed by atoms with Crippen LogP contribution in [-0.4, -0.2) is 34.8 Å². The Morgan fingerprint density at radius 1 is 1.19 bits per heavy atom. The lowest BCUT2D eigenvalue weighted by molar-refractivity contribution is -0.157. The summed E-state index contributed by atoms with van der Waals surface area (Å²) in [4.78, 5) is 27.7. The van der Waals surface area contributed by atoms with E-state index in [0.717, 1.165) is 38.6 Å². The van der Waals surface area contributed by atoms with Gasteiger partial charge in [0.25, 0.3) is 0 Å². The van der Waals surface area contributed by atoms with Crippen LogP contribution in [0.2, 0.25) is 0 Å². The van der Waals surface area contributed by atoms with E-state index < -0.39 is 5.54 Å². The minimum atomic E-state index is -0.577. The monoisotopic (exact) mass is 292 g/mol. The second-order valence-corrected chi connectivity index (χ2v) is 7.75. The Kier molecular flexibility index (Phi) is 3.53. The van der Waals surface area contributed by atoms with Gasteiger partial charge >= 0.3 is 0 Å². The zero-order valence-corrected chi connectivity index (χ0v) is 13.6. The number of hydrogen-bond acceptors (Lipinski definition) is 2. The molecular weight excluding hydrogens is 264 g/mol. The molecule has 3 rings (SSSR count). The zero-order valence-electron chi connectivity index (χ0n) is 13.6. The molecule has 1 atom stereocenters. The summed E-state index contributed by atoms with van der Waals surface area (Å²) in [6.07, 6.45) is 7.24. The molecule has 21 heavy (non-hydrogen) atoms. The van der Waals surface area contributed by atoms with Gasteiger partial charge in [0, 0.05) is 6.54 Å². The molecule has 0 bridgehead atoms. The predicted octanol–water partition coefficient (Wildman–Crippen LogP) is 2.47. The molecule has 118 valence electrons. The molecule has 2 aliphatic carbocycles. The summed E-state index contributed by atoms with van der Waals surface area (Å²) in [7, 11) is 0. The third-order valence-electron chi connectivity index (χ3n) is 5.94. The highest BCUT2D eigenvalue weighted by Gasteiger charge is 2.55. The molecule has 1 unspecified atom stereocenters. The number of nitrogens with one attached hydrogen (secondary N) is 1. The van der Waals surface area contributed by atoms with Gasteiger partial charge in [0.1, 0.15) is 11.6 Å². The Hall–Kier alpha value is -1.06. The van der Waals surface area contributed by atoms with Crippen LogP contribution in [0.5, 0.6) is 0 Å². The molecule has 4 heteroatoms. The predicted molar refractivity (Wildman–Crippen MR) is 81.6 cm³/mol. The average molecular weight is 292 g/mol. The zero-order chi connectivity index (χ0) is 15.3. The van der Waals surface area contributed by atoms with Gasteiger partial charge in [0.2, 0.25) is 11.8 Å². The molecule has 1 spiro atoms. The number of rotatable bonds is 4. The summed E-state index contributed by atoms with van der Waals surface area (Å²) in [5, 5.41) is 3.10. The van der Waals surface area contributed by atoms with Crippen LogP contribution < -0.4 is 5.32 Å². The Morgan fingerprint density at radius 2 is 1.81 bits per heavy atom. The first-order valence-electron chi connectivity index (χ1n) is 8.56. The van der Waals surface area contributed by atoms with Gasteiger partial charge in [-0.2, -0.15) is 0 Å². The molecule has 1 heterocycles. The van der Waals surface area contributed by atoms with E-state index in [0.29, 0.717) is 5.41 Å². The second-order valence-electron chi connectivity index (χ2n) is 7.75. The van der Waals surface area contributed by atoms with Gasteiger partial charge in [-0.05, 0) is 43.4 Å². The molecule has 1 saturated heterocycles. The lowest BCUT2D eigenvalue weighted by Gasteiger charge is -2.47. The van der Waals surface area contributed by atoms with E-state index in [-0.39, 0.29) is 23.8 Å². The number of carbonyl (C=O) groups is 2. The van der Waals surface area contributed by atoms with Crippen molar-refractivity contribution < 1.29 is 9.59 Å². The molecular formula is C17H28N2O2. The topological polar surface area (TPSA) is 49.4 Å². The van der Waals surface area contributed by atoms with Gasteiger partial charge in [-0.3, -0.25) is 9.59 Å². The van der Waals surface area contributed by atoms with Crippen LogP contribution >= 0.6 is 0 Å². The fraction of sp³-hybridized carbons (Fsp3) is 0.882. The Bertz CT molecular complexity index is 448. The van der Waals surface area contributed by atoms with Crippen LogP contribution in [0.3, 0.4) is 0 Å². The first kappa shape index (κ1) is 14.9. The fourth-order valence-corrected chi connectivity index (χ4v) is 4.22. The molecule has 2 saturated carbocycles. The third kappa shape index (κ3) is 2.36. The Morgan fingerprint density at radius 3 is 2.29 bits per heavy atom. The third-order valence-corrected chi connectivity index (χ3v) is 5.94. The van der Waals surface area contributed by atoms with Gasteiger partial charge in [-0.15, -0.1) is 0 Å². The van der Waals surface area contributed by atoms with Crippen molar-refractivity contribution in [2.24, 2.45) is 11.3 Å². The summed E-state index contributed by atoms with van der Waals surface area (Å²) < 4.78 is 0. The van der Waals surface area contributed by atoms with Crippen molar-refractivity contribution in [1.82, 2.24) is 10.2 Å². The number of carbonyl (C=O) groups excluding carboxylic acids is 2. The standard InChI is InChI=1S/C17H28N2O2/c1-4-16(9-10-16)11-19-13(12(2)3)14(20)18-17(15(19)21)7-5-6-8-17/h12-13H,4-11H2,1-3H3,(H,18,20). The van der Waals surface area contributed by atoms with Crippen LogP contribution in [0.4, 0.5) is 0 Å². The smallest absolute Gasteiger partial charge is 0.249 e. The minimum Gasteiger partial charge on any atom is -0.340 e. The summed E-state index contributed by atoms with van der Waals surface area (Å²) in [5.74, 6) is 0.428. The van der Waals surface area contributed by atoms with E-state index >= 15 is 0 Å². The van der Waals surface area contributed by atoms with Crippen molar-refractivity contribution >= 4 is 11.8 Å². The highest BCUT2D eigenvalue weighted by atomic mass is 16.2. The van der Waals surface area contributed by atoms with Crippen molar-refractivity contribution in [1.29, 1.82) is 0 Å². The molecule has 0 aromatic carbocycles.